The molecule has 6 heteroatoms. The van der Waals surface area contributed by atoms with Crippen molar-refractivity contribution in [1.82, 2.24) is 0 Å². The van der Waals surface area contributed by atoms with Crippen LogP contribution >= 0.6 is 0 Å². The van der Waals surface area contributed by atoms with E-state index in [4.69, 9.17) is 14.2 Å². The van der Waals surface area contributed by atoms with Crippen LogP contribution < -0.4 is 0 Å². The molecule has 0 saturated carbocycles. The van der Waals surface area contributed by atoms with Gasteiger partial charge in [0, 0.05) is 19.3 Å². The van der Waals surface area contributed by atoms with Crippen molar-refractivity contribution >= 4 is 17.9 Å². The molecule has 0 heterocycles. The van der Waals surface area contributed by atoms with Gasteiger partial charge in [0.2, 0.25) is 0 Å². The first kappa shape index (κ1) is 73.1. The molecule has 0 aromatic heterocycles. The number of ether oxygens (including phenoxy) is 3. The van der Waals surface area contributed by atoms with E-state index in [1.165, 1.54) is 128 Å². The van der Waals surface area contributed by atoms with Crippen molar-refractivity contribution in [1.29, 1.82) is 0 Å². The lowest BCUT2D eigenvalue weighted by atomic mass is 10.1. The number of hydrogen-bond acceptors (Lipinski definition) is 6. The minimum absolute atomic E-state index is 0.0921. The predicted molar refractivity (Wildman–Crippen MR) is 334 cm³/mol. The maximum Gasteiger partial charge on any atom is 0.306 e. The summed E-state index contributed by atoms with van der Waals surface area (Å²) in [6, 6.07) is 0. The van der Waals surface area contributed by atoms with Crippen LogP contribution in [0.5, 0.6) is 0 Å². The maximum absolute atomic E-state index is 12.9. The third kappa shape index (κ3) is 62.8. The Bertz CT molecular complexity index is 1560. The molecule has 0 aliphatic rings. The fourth-order valence-electron chi connectivity index (χ4n) is 8.88. The molecule has 1 atom stereocenters. The molecule has 0 saturated heterocycles. The van der Waals surface area contributed by atoms with E-state index in [-0.39, 0.29) is 31.1 Å². The highest BCUT2D eigenvalue weighted by molar-refractivity contribution is 5.71. The first-order valence-electron chi connectivity index (χ1n) is 32.4. The highest BCUT2D eigenvalue weighted by atomic mass is 16.6. The monoisotopic (exact) mass is 1070 g/mol. The highest BCUT2D eigenvalue weighted by Crippen LogP contribution is 2.15. The third-order valence-corrected chi connectivity index (χ3v) is 13.7. The van der Waals surface area contributed by atoms with E-state index in [9.17, 15) is 14.4 Å². The topological polar surface area (TPSA) is 78.9 Å². The number of esters is 3. The quantitative estimate of drug-likeness (QED) is 0.0261. The van der Waals surface area contributed by atoms with Crippen molar-refractivity contribution in [2.75, 3.05) is 13.2 Å². The zero-order chi connectivity index (χ0) is 55.7. The van der Waals surface area contributed by atoms with E-state index in [1.54, 1.807) is 0 Å². The summed E-state index contributed by atoms with van der Waals surface area (Å²) in [6.45, 7) is 6.50. The number of carbonyl (C=O) groups excluding carboxylic acids is 3. The molecule has 0 aliphatic heterocycles. The first-order chi connectivity index (χ1) is 38.0. The molecule has 0 N–H and O–H groups in total. The molecular weight excluding hydrogens is 949 g/mol. The number of carbonyl (C=O) groups is 3. The fourth-order valence-corrected chi connectivity index (χ4v) is 8.88. The molecule has 0 rings (SSSR count). The molecule has 0 aliphatic carbocycles. The summed E-state index contributed by atoms with van der Waals surface area (Å²) >= 11 is 0. The number of allylic oxidation sites excluding steroid dienone is 18. The normalized spacial score (nSPS) is 12.8. The standard InChI is InChI=1S/C71H120O6/c1-4-7-10-13-16-19-22-25-28-31-33-34-35-36-37-38-39-41-43-46-49-52-55-58-61-64-70(73)76-67-68(66-75-69(72)63-60-57-54-51-48-45-42-30-27-24-21-18-15-12-9-6-3)77-71(74)65-62-59-56-53-50-47-44-40-32-29-26-23-20-17-14-11-8-5-2/h7,10,16,19,21,24-25,28-30,32-34,36-37,39,41-42,68H,4-6,8-9,11-15,17-18,20,22-23,26-27,31,35,38,40,43-67H2,1-3H3/b10-7-,19-16-,24-21-,28-25-,32-29-,34-33-,37-36-,41-39-,42-30-. The zero-order valence-electron chi connectivity index (χ0n) is 50.4. The summed E-state index contributed by atoms with van der Waals surface area (Å²) in [5.74, 6) is -0.916. The van der Waals surface area contributed by atoms with Gasteiger partial charge in [0.05, 0.1) is 0 Å². The molecule has 0 bridgehead atoms. The lowest BCUT2D eigenvalue weighted by Crippen LogP contribution is -2.30. The van der Waals surface area contributed by atoms with Crippen molar-refractivity contribution in [3.8, 4) is 0 Å². The Labute approximate surface area is 476 Å². The summed E-state index contributed by atoms with van der Waals surface area (Å²) in [4.78, 5) is 38.4. The van der Waals surface area contributed by atoms with Crippen molar-refractivity contribution in [3.63, 3.8) is 0 Å². The summed E-state index contributed by atoms with van der Waals surface area (Å²) < 4.78 is 16.9. The molecule has 440 valence electrons. The molecule has 0 aromatic rings. The van der Waals surface area contributed by atoms with Gasteiger partial charge in [-0.3, -0.25) is 14.4 Å². The molecule has 77 heavy (non-hydrogen) atoms. The van der Waals surface area contributed by atoms with E-state index >= 15 is 0 Å². The smallest absolute Gasteiger partial charge is 0.306 e. The van der Waals surface area contributed by atoms with Crippen LogP contribution in [-0.4, -0.2) is 37.2 Å². The van der Waals surface area contributed by atoms with Crippen LogP contribution in [0.3, 0.4) is 0 Å². The minimum Gasteiger partial charge on any atom is -0.462 e. The van der Waals surface area contributed by atoms with Gasteiger partial charge in [-0.25, -0.2) is 0 Å². The van der Waals surface area contributed by atoms with E-state index < -0.39 is 6.10 Å². The van der Waals surface area contributed by atoms with Crippen molar-refractivity contribution in [2.45, 2.75) is 309 Å². The van der Waals surface area contributed by atoms with Crippen molar-refractivity contribution in [2.24, 2.45) is 0 Å². The highest BCUT2D eigenvalue weighted by Gasteiger charge is 2.19. The average molecular weight is 1070 g/mol. The van der Waals surface area contributed by atoms with Crippen LogP contribution in [0.1, 0.15) is 303 Å². The second-order valence-electron chi connectivity index (χ2n) is 21.3. The summed E-state index contributed by atoms with van der Waals surface area (Å²) in [6.07, 6.45) is 88.0. The van der Waals surface area contributed by atoms with E-state index in [2.05, 4.69) is 130 Å². The Morgan fingerprint density at radius 1 is 0.273 bits per heavy atom. The lowest BCUT2D eigenvalue weighted by Gasteiger charge is -2.18. The number of rotatable bonds is 58. The second kappa shape index (κ2) is 64.6. The summed E-state index contributed by atoms with van der Waals surface area (Å²) in [7, 11) is 0. The summed E-state index contributed by atoms with van der Waals surface area (Å²) in [5.41, 5.74) is 0. The van der Waals surface area contributed by atoms with Crippen LogP contribution in [0, 0.1) is 0 Å². The largest absolute Gasteiger partial charge is 0.462 e. The van der Waals surface area contributed by atoms with E-state index in [0.717, 1.165) is 135 Å². The van der Waals surface area contributed by atoms with Crippen molar-refractivity contribution in [3.05, 3.63) is 109 Å². The van der Waals surface area contributed by atoms with Gasteiger partial charge < -0.3 is 14.2 Å². The van der Waals surface area contributed by atoms with Crippen LogP contribution in [0.2, 0.25) is 0 Å². The molecule has 0 aromatic carbocycles. The Morgan fingerprint density at radius 2 is 0.506 bits per heavy atom. The SMILES string of the molecule is CC/C=C\C/C=C\C/C=C\C/C=C\C/C=C\C/C=C\CCCCCCCCC(=O)OCC(COC(=O)CCCCCCC/C=C\C/C=C\CCCCCC)OC(=O)CCCCCCCCC/C=C\CCCCCCCCC. The second-order valence-corrected chi connectivity index (χ2v) is 21.3. The predicted octanol–water partition coefficient (Wildman–Crippen LogP) is 22.2. The van der Waals surface area contributed by atoms with Crippen LogP contribution in [0.25, 0.3) is 0 Å². The van der Waals surface area contributed by atoms with Crippen LogP contribution in [-0.2, 0) is 28.6 Å². The van der Waals surface area contributed by atoms with E-state index in [1.807, 2.05) is 0 Å². The minimum atomic E-state index is -0.796. The van der Waals surface area contributed by atoms with Gasteiger partial charge in [0.1, 0.15) is 13.2 Å². The van der Waals surface area contributed by atoms with Gasteiger partial charge >= 0.3 is 17.9 Å². The van der Waals surface area contributed by atoms with Gasteiger partial charge in [0.15, 0.2) is 6.10 Å². The Kier molecular flexibility index (Phi) is 61.3. The van der Waals surface area contributed by atoms with Gasteiger partial charge in [-0.1, -0.05) is 265 Å². The Morgan fingerprint density at radius 3 is 0.818 bits per heavy atom. The van der Waals surface area contributed by atoms with Gasteiger partial charge in [0.25, 0.3) is 0 Å². The first-order valence-corrected chi connectivity index (χ1v) is 32.4. The molecule has 1 unspecified atom stereocenters. The number of hydrogen-bond donors (Lipinski definition) is 0. The van der Waals surface area contributed by atoms with E-state index in [0.29, 0.717) is 19.3 Å². The molecule has 0 radical (unpaired) electrons. The number of unbranched alkanes of at least 4 members (excludes halogenated alkanes) is 29. The molecular formula is C71H120O6. The van der Waals surface area contributed by atoms with Gasteiger partial charge in [-0.2, -0.15) is 0 Å². The fraction of sp³-hybridized carbons (Fsp3) is 0.704. The van der Waals surface area contributed by atoms with Crippen LogP contribution in [0.4, 0.5) is 0 Å². The molecule has 0 amide bonds. The Balaban J connectivity index is 4.42. The zero-order valence-corrected chi connectivity index (χ0v) is 50.4. The molecule has 0 fully saturated rings. The van der Waals surface area contributed by atoms with Crippen LogP contribution in [0.15, 0.2) is 109 Å². The Hall–Kier alpha value is -3.93. The maximum atomic E-state index is 12.9. The lowest BCUT2D eigenvalue weighted by molar-refractivity contribution is -0.167. The molecule has 0 spiro atoms. The third-order valence-electron chi connectivity index (χ3n) is 13.7. The summed E-state index contributed by atoms with van der Waals surface area (Å²) in [5, 5.41) is 0. The van der Waals surface area contributed by atoms with Crippen molar-refractivity contribution < 1.29 is 28.6 Å². The molecule has 6 nitrogen and oxygen atoms in total. The average Bonchev–Trinajstić information content (AvgIpc) is 3.43. The van der Waals surface area contributed by atoms with Gasteiger partial charge in [-0.15, -0.1) is 0 Å². The van der Waals surface area contributed by atoms with Gasteiger partial charge in [-0.05, 0) is 128 Å².